The van der Waals surface area contributed by atoms with Gasteiger partial charge in [-0.2, -0.15) is 5.10 Å². The van der Waals surface area contributed by atoms with E-state index in [0.29, 0.717) is 13.2 Å². The topological polar surface area (TPSA) is 63.5 Å². The van der Waals surface area contributed by atoms with Gasteiger partial charge in [0.05, 0.1) is 6.54 Å². The number of rotatable bonds is 8. The molecule has 1 aromatic heterocycles. The van der Waals surface area contributed by atoms with E-state index in [-0.39, 0.29) is 24.0 Å². The second-order valence-electron chi connectivity index (χ2n) is 5.62. The lowest BCUT2D eigenvalue weighted by Gasteiger charge is -2.14. The average molecular weight is 457 g/mol. The predicted molar refractivity (Wildman–Crippen MR) is 113 cm³/mol. The van der Waals surface area contributed by atoms with Gasteiger partial charge in [-0.15, -0.1) is 24.0 Å². The van der Waals surface area contributed by atoms with Crippen molar-refractivity contribution in [3.63, 3.8) is 0 Å². The van der Waals surface area contributed by atoms with Crippen LogP contribution >= 0.6 is 24.0 Å². The van der Waals surface area contributed by atoms with Gasteiger partial charge in [-0.1, -0.05) is 18.2 Å². The van der Waals surface area contributed by atoms with Crippen LogP contribution in [0.4, 0.5) is 0 Å². The minimum Gasteiger partial charge on any atom is -0.491 e. The number of halogens is 1. The lowest BCUT2D eigenvalue weighted by atomic mass is 10.1. The Morgan fingerprint density at radius 3 is 2.52 bits per heavy atom. The van der Waals surface area contributed by atoms with Gasteiger partial charge in [-0.25, -0.2) is 0 Å². The SMILES string of the molecule is CN=C(NCCCn1cccn1)NCCOc1c(C)cccc1C.I. The summed E-state index contributed by atoms with van der Waals surface area (Å²) >= 11 is 0. The molecule has 2 rings (SSSR count). The predicted octanol–water partition coefficient (Wildman–Crippen LogP) is 2.75. The number of nitrogens with zero attached hydrogens (tertiary/aromatic N) is 3. The number of nitrogens with one attached hydrogen (secondary N) is 2. The van der Waals surface area contributed by atoms with Crippen molar-refractivity contribution in [2.75, 3.05) is 26.7 Å². The van der Waals surface area contributed by atoms with Crippen LogP contribution in [-0.2, 0) is 6.54 Å². The Morgan fingerprint density at radius 2 is 1.88 bits per heavy atom. The van der Waals surface area contributed by atoms with E-state index in [1.54, 1.807) is 13.2 Å². The van der Waals surface area contributed by atoms with Gasteiger partial charge >= 0.3 is 0 Å². The number of aliphatic imine (C=N–C) groups is 1. The van der Waals surface area contributed by atoms with Crippen molar-refractivity contribution in [2.24, 2.45) is 4.99 Å². The van der Waals surface area contributed by atoms with Crippen molar-refractivity contribution in [3.05, 3.63) is 47.8 Å². The molecule has 0 aliphatic carbocycles. The maximum atomic E-state index is 5.88. The molecule has 0 radical (unpaired) electrons. The summed E-state index contributed by atoms with van der Waals surface area (Å²) in [7, 11) is 1.77. The molecule has 0 saturated carbocycles. The van der Waals surface area contributed by atoms with Gasteiger partial charge in [0.1, 0.15) is 12.4 Å². The Labute approximate surface area is 167 Å². The first-order valence-electron chi connectivity index (χ1n) is 8.31. The van der Waals surface area contributed by atoms with Crippen LogP contribution in [0.3, 0.4) is 0 Å². The number of hydrogen-bond acceptors (Lipinski definition) is 3. The lowest BCUT2D eigenvalue weighted by molar-refractivity contribution is 0.317. The van der Waals surface area contributed by atoms with Crippen LogP contribution in [0.15, 0.2) is 41.7 Å². The highest BCUT2D eigenvalue weighted by molar-refractivity contribution is 14.0. The summed E-state index contributed by atoms with van der Waals surface area (Å²) in [5.41, 5.74) is 2.33. The molecule has 2 aromatic rings. The summed E-state index contributed by atoms with van der Waals surface area (Å²) in [6.45, 7) is 7.17. The molecule has 1 heterocycles. The highest BCUT2D eigenvalue weighted by atomic mass is 127. The third kappa shape index (κ3) is 7.33. The van der Waals surface area contributed by atoms with Gasteiger partial charge < -0.3 is 15.4 Å². The average Bonchev–Trinajstić information content (AvgIpc) is 3.09. The Balaban J connectivity index is 0.00000312. The Bertz CT molecular complexity index is 623. The first-order chi connectivity index (χ1) is 11.7. The monoisotopic (exact) mass is 457 g/mol. The summed E-state index contributed by atoms with van der Waals surface area (Å²) in [5, 5.41) is 10.7. The fourth-order valence-electron chi connectivity index (χ4n) is 2.45. The van der Waals surface area contributed by atoms with Crippen molar-refractivity contribution < 1.29 is 4.74 Å². The molecule has 6 nitrogen and oxygen atoms in total. The fraction of sp³-hybridized carbons (Fsp3) is 0.444. The summed E-state index contributed by atoms with van der Waals surface area (Å²) in [6.07, 6.45) is 4.75. The number of ether oxygens (including phenoxy) is 1. The minimum absolute atomic E-state index is 0. The fourth-order valence-corrected chi connectivity index (χ4v) is 2.45. The van der Waals surface area contributed by atoms with Crippen LogP contribution in [-0.4, -0.2) is 42.5 Å². The van der Waals surface area contributed by atoms with E-state index in [2.05, 4.69) is 46.7 Å². The van der Waals surface area contributed by atoms with E-state index < -0.39 is 0 Å². The maximum absolute atomic E-state index is 5.88. The molecule has 1 aromatic carbocycles. The van der Waals surface area contributed by atoms with Gasteiger partial charge in [0, 0.05) is 32.5 Å². The number of aryl methyl sites for hydroxylation is 3. The van der Waals surface area contributed by atoms with Gasteiger partial charge in [-0.05, 0) is 37.5 Å². The quantitative estimate of drug-likeness (QED) is 0.277. The second-order valence-corrected chi connectivity index (χ2v) is 5.62. The molecule has 0 unspecified atom stereocenters. The van der Waals surface area contributed by atoms with E-state index in [4.69, 9.17) is 4.74 Å². The summed E-state index contributed by atoms with van der Waals surface area (Å²) in [5.74, 6) is 1.77. The van der Waals surface area contributed by atoms with Gasteiger partial charge in [0.15, 0.2) is 5.96 Å². The van der Waals surface area contributed by atoms with Gasteiger partial charge in [0.2, 0.25) is 0 Å². The third-order valence-electron chi connectivity index (χ3n) is 3.69. The number of para-hydroxylation sites is 1. The first kappa shape index (κ1) is 21.3. The van der Waals surface area contributed by atoms with Crippen molar-refractivity contribution in [1.82, 2.24) is 20.4 Å². The molecule has 0 aliphatic heterocycles. The standard InChI is InChI=1S/C18H27N5O.HI/c1-15-7-4-8-16(2)17(15)24-14-11-21-18(19-3)20-9-5-12-23-13-6-10-22-23;/h4,6-8,10,13H,5,9,11-12,14H2,1-3H3,(H2,19,20,21);1H. The van der Waals surface area contributed by atoms with Crippen molar-refractivity contribution in [3.8, 4) is 5.75 Å². The maximum Gasteiger partial charge on any atom is 0.191 e. The lowest BCUT2D eigenvalue weighted by Crippen LogP contribution is -2.39. The van der Waals surface area contributed by atoms with Gasteiger partial charge in [0.25, 0.3) is 0 Å². The number of hydrogen-bond donors (Lipinski definition) is 2. The molecule has 138 valence electrons. The van der Waals surface area contributed by atoms with E-state index in [0.717, 1.165) is 42.3 Å². The minimum atomic E-state index is 0. The number of benzene rings is 1. The Morgan fingerprint density at radius 1 is 1.16 bits per heavy atom. The molecule has 0 aliphatic rings. The van der Waals surface area contributed by atoms with E-state index >= 15 is 0 Å². The van der Waals surface area contributed by atoms with Crippen LogP contribution in [0, 0.1) is 13.8 Å². The van der Waals surface area contributed by atoms with Crippen LogP contribution < -0.4 is 15.4 Å². The largest absolute Gasteiger partial charge is 0.491 e. The van der Waals surface area contributed by atoms with Crippen LogP contribution in [0.2, 0.25) is 0 Å². The van der Waals surface area contributed by atoms with Crippen LogP contribution in [0.25, 0.3) is 0 Å². The van der Waals surface area contributed by atoms with E-state index in [1.165, 1.54) is 0 Å². The zero-order valence-electron chi connectivity index (χ0n) is 15.2. The molecule has 2 N–H and O–H groups in total. The highest BCUT2D eigenvalue weighted by Crippen LogP contribution is 2.21. The molecule has 0 bridgehead atoms. The summed E-state index contributed by atoms with van der Waals surface area (Å²) < 4.78 is 7.81. The van der Waals surface area contributed by atoms with Gasteiger partial charge in [-0.3, -0.25) is 9.67 Å². The molecule has 0 amide bonds. The number of aromatic nitrogens is 2. The molecule has 0 saturated heterocycles. The van der Waals surface area contributed by atoms with Crippen molar-refractivity contribution in [1.29, 1.82) is 0 Å². The molecule has 7 heteroatoms. The molecular formula is C18H28IN5O. The number of guanidine groups is 1. The molecular weight excluding hydrogens is 429 g/mol. The van der Waals surface area contributed by atoms with E-state index in [9.17, 15) is 0 Å². The third-order valence-corrected chi connectivity index (χ3v) is 3.69. The molecule has 0 fully saturated rings. The zero-order chi connectivity index (χ0) is 17.2. The molecule has 25 heavy (non-hydrogen) atoms. The van der Waals surface area contributed by atoms with Crippen molar-refractivity contribution >= 4 is 29.9 Å². The Kier molecular flexibility index (Phi) is 9.98. The van der Waals surface area contributed by atoms with Crippen LogP contribution in [0.1, 0.15) is 17.5 Å². The normalized spacial score (nSPS) is 10.9. The van der Waals surface area contributed by atoms with Crippen molar-refractivity contribution in [2.45, 2.75) is 26.8 Å². The Hall–Kier alpha value is -1.77. The summed E-state index contributed by atoms with van der Waals surface area (Å²) in [4.78, 5) is 4.22. The highest BCUT2D eigenvalue weighted by Gasteiger charge is 2.03. The van der Waals surface area contributed by atoms with E-state index in [1.807, 2.05) is 23.0 Å². The zero-order valence-corrected chi connectivity index (χ0v) is 17.5. The second kappa shape index (κ2) is 11.7. The smallest absolute Gasteiger partial charge is 0.191 e. The molecule has 0 spiro atoms. The summed E-state index contributed by atoms with van der Waals surface area (Å²) in [6, 6.07) is 8.11. The molecule has 0 atom stereocenters. The first-order valence-corrected chi connectivity index (χ1v) is 8.31. The van der Waals surface area contributed by atoms with Crippen LogP contribution in [0.5, 0.6) is 5.75 Å².